The first-order valence-electron chi connectivity index (χ1n) is 6.96. The van der Waals surface area contributed by atoms with Crippen molar-refractivity contribution in [2.75, 3.05) is 6.61 Å². The van der Waals surface area contributed by atoms with Gasteiger partial charge in [0, 0.05) is 18.4 Å². The second kappa shape index (κ2) is 6.19. The van der Waals surface area contributed by atoms with E-state index in [1.165, 1.54) is 6.42 Å². The Morgan fingerprint density at radius 1 is 1.44 bits per heavy atom. The highest BCUT2D eigenvalue weighted by Crippen LogP contribution is 2.14. The number of hydrogen-bond acceptors (Lipinski definition) is 2. The van der Waals surface area contributed by atoms with Crippen LogP contribution in [0, 0.1) is 5.92 Å². The third-order valence-corrected chi connectivity index (χ3v) is 3.40. The van der Waals surface area contributed by atoms with Crippen LogP contribution in [0.5, 0.6) is 0 Å². The van der Waals surface area contributed by atoms with Gasteiger partial charge in [-0.2, -0.15) is 0 Å². The minimum Gasteiger partial charge on any atom is -0.376 e. The first-order valence-corrected chi connectivity index (χ1v) is 6.96. The smallest absolute Gasteiger partial charge is 0.253 e. The van der Waals surface area contributed by atoms with Crippen molar-refractivity contribution in [3.8, 4) is 0 Å². The molecule has 0 spiro atoms. The Labute approximate surface area is 109 Å². The molecule has 18 heavy (non-hydrogen) atoms. The SMILES string of the molecule is CC(C)Cc1cccn(CC2CCCCO2)c1=O. The van der Waals surface area contributed by atoms with Crippen molar-refractivity contribution >= 4 is 0 Å². The highest BCUT2D eigenvalue weighted by Gasteiger charge is 2.15. The lowest BCUT2D eigenvalue weighted by Gasteiger charge is -2.23. The maximum absolute atomic E-state index is 12.3. The van der Waals surface area contributed by atoms with E-state index < -0.39 is 0 Å². The van der Waals surface area contributed by atoms with Crippen LogP contribution in [-0.2, 0) is 17.7 Å². The molecule has 0 saturated carbocycles. The topological polar surface area (TPSA) is 31.2 Å². The van der Waals surface area contributed by atoms with Crippen LogP contribution in [-0.4, -0.2) is 17.3 Å². The molecule has 3 heteroatoms. The van der Waals surface area contributed by atoms with Gasteiger partial charge in [-0.3, -0.25) is 4.79 Å². The minimum absolute atomic E-state index is 0.153. The van der Waals surface area contributed by atoms with E-state index in [1.54, 1.807) is 0 Å². The van der Waals surface area contributed by atoms with Crippen LogP contribution in [0.25, 0.3) is 0 Å². The molecule has 2 rings (SSSR count). The molecule has 1 saturated heterocycles. The molecule has 0 aliphatic carbocycles. The fourth-order valence-electron chi connectivity index (χ4n) is 2.50. The van der Waals surface area contributed by atoms with E-state index in [1.807, 2.05) is 22.9 Å². The van der Waals surface area contributed by atoms with Crippen LogP contribution < -0.4 is 5.56 Å². The van der Waals surface area contributed by atoms with Gasteiger partial charge in [0.2, 0.25) is 0 Å². The Kier molecular flexibility index (Phi) is 4.59. The fourth-order valence-corrected chi connectivity index (χ4v) is 2.50. The average Bonchev–Trinajstić information content (AvgIpc) is 2.35. The molecule has 1 aliphatic heterocycles. The van der Waals surface area contributed by atoms with Crippen LogP contribution in [0.3, 0.4) is 0 Å². The summed E-state index contributed by atoms with van der Waals surface area (Å²) >= 11 is 0. The lowest BCUT2D eigenvalue weighted by Crippen LogP contribution is -2.31. The largest absolute Gasteiger partial charge is 0.376 e. The van der Waals surface area contributed by atoms with E-state index in [9.17, 15) is 4.79 Å². The Balaban J connectivity index is 2.10. The highest BCUT2D eigenvalue weighted by atomic mass is 16.5. The summed E-state index contributed by atoms with van der Waals surface area (Å²) in [5, 5.41) is 0. The van der Waals surface area contributed by atoms with E-state index in [-0.39, 0.29) is 11.7 Å². The lowest BCUT2D eigenvalue weighted by atomic mass is 10.0. The standard InChI is InChI=1S/C15H23NO2/c1-12(2)10-13-6-5-8-16(15(13)17)11-14-7-3-4-9-18-14/h5-6,8,12,14H,3-4,7,9-11H2,1-2H3. The predicted molar refractivity (Wildman–Crippen MR) is 72.8 cm³/mol. The van der Waals surface area contributed by atoms with Crippen molar-refractivity contribution in [1.29, 1.82) is 0 Å². The first-order chi connectivity index (χ1) is 8.66. The van der Waals surface area contributed by atoms with Gasteiger partial charge in [0.25, 0.3) is 5.56 Å². The number of ether oxygens (including phenoxy) is 1. The normalized spacial score (nSPS) is 20.3. The highest BCUT2D eigenvalue weighted by molar-refractivity contribution is 5.11. The van der Waals surface area contributed by atoms with Gasteiger partial charge >= 0.3 is 0 Å². The van der Waals surface area contributed by atoms with Crippen LogP contribution >= 0.6 is 0 Å². The van der Waals surface area contributed by atoms with E-state index in [4.69, 9.17) is 4.74 Å². The molecule has 3 nitrogen and oxygen atoms in total. The van der Waals surface area contributed by atoms with Crippen LogP contribution in [0.1, 0.15) is 38.7 Å². The molecular weight excluding hydrogens is 226 g/mol. The Morgan fingerprint density at radius 3 is 2.94 bits per heavy atom. The molecule has 0 amide bonds. The van der Waals surface area contributed by atoms with Gasteiger partial charge in [0.15, 0.2) is 0 Å². The molecule has 1 atom stereocenters. The summed E-state index contributed by atoms with van der Waals surface area (Å²) in [5.41, 5.74) is 1.07. The van der Waals surface area contributed by atoms with Gasteiger partial charge in [-0.1, -0.05) is 19.9 Å². The summed E-state index contributed by atoms with van der Waals surface area (Å²) in [6, 6.07) is 3.92. The number of rotatable bonds is 4. The van der Waals surface area contributed by atoms with Crippen LogP contribution in [0.4, 0.5) is 0 Å². The molecular formula is C15H23NO2. The minimum atomic E-state index is 0.153. The molecule has 1 aliphatic rings. The average molecular weight is 249 g/mol. The second-order valence-electron chi connectivity index (χ2n) is 5.58. The van der Waals surface area contributed by atoms with Crippen molar-refractivity contribution in [1.82, 2.24) is 4.57 Å². The Bertz CT molecular complexity index is 430. The predicted octanol–water partition coefficient (Wildman–Crippen LogP) is 2.62. The van der Waals surface area contributed by atoms with E-state index in [2.05, 4.69) is 13.8 Å². The molecule has 2 heterocycles. The molecule has 100 valence electrons. The maximum atomic E-state index is 12.3. The van der Waals surface area contributed by atoms with Gasteiger partial charge in [0.1, 0.15) is 0 Å². The van der Waals surface area contributed by atoms with Crippen LogP contribution in [0.15, 0.2) is 23.1 Å². The molecule has 0 aromatic carbocycles. The summed E-state index contributed by atoms with van der Waals surface area (Å²) < 4.78 is 7.51. The van der Waals surface area contributed by atoms with Crippen molar-refractivity contribution in [2.45, 2.75) is 52.2 Å². The number of aromatic nitrogens is 1. The summed E-state index contributed by atoms with van der Waals surface area (Å²) in [7, 11) is 0. The van der Waals surface area contributed by atoms with E-state index in [0.29, 0.717) is 12.5 Å². The maximum Gasteiger partial charge on any atom is 0.253 e. The number of pyridine rings is 1. The monoisotopic (exact) mass is 249 g/mol. The summed E-state index contributed by atoms with van der Waals surface area (Å²) in [4.78, 5) is 12.3. The second-order valence-corrected chi connectivity index (χ2v) is 5.58. The zero-order valence-corrected chi connectivity index (χ0v) is 11.4. The van der Waals surface area contributed by atoms with Crippen molar-refractivity contribution < 1.29 is 4.74 Å². The van der Waals surface area contributed by atoms with Gasteiger partial charge in [-0.15, -0.1) is 0 Å². The summed E-state index contributed by atoms with van der Waals surface area (Å²) in [5.74, 6) is 0.513. The van der Waals surface area contributed by atoms with Gasteiger partial charge < -0.3 is 9.30 Å². The fraction of sp³-hybridized carbons (Fsp3) is 0.667. The quantitative estimate of drug-likeness (QED) is 0.821. The molecule has 0 radical (unpaired) electrons. The van der Waals surface area contributed by atoms with Gasteiger partial charge in [-0.05, 0) is 37.7 Å². The van der Waals surface area contributed by atoms with E-state index >= 15 is 0 Å². The number of nitrogens with zero attached hydrogens (tertiary/aromatic N) is 1. The Morgan fingerprint density at radius 2 is 2.28 bits per heavy atom. The molecule has 1 fully saturated rings. The third kappa shape index (κ3) is 3.45. The molecule has 1 aromatic rings. The Hall–Kier alpha value is -1.09. The van der Waals surface area contributed by atoms with E-state index in [0.717, 1.165) is 31.4 Å². The zero-order chi connectivity index (χ0) is 13.0. The van der Waals surface area contributed by atoms with Crippen molar-refractivity contribution in [3.05, 3.63) is 34.2 Å². The summed E-state index contributed by atoms with van der Waals surface area (Å²) in [6.07, 6.45) is 6.38. The van der Waals surface area contributed by atoms with Crippen LogP contribution in [0.2, 0.25) is 0 Å². The van der Waals surface area contributed by atoms with Gasteiger partial charge in [-0.25, -0.2) is 0 Å². The zero-order valence-electron chi connectivity index (χ0n) is 11.4. The summed E-state index contributed by atoms with van der Waals surface area (Å²) in [6.45, 7) is 5.82. The van der Waals surface area contributed by atoms with Gasteiger partial charge in [0.05, 0.1) is 12.6 Å². The third-order valence-electron chi connectivity index (χ3n) is 3.40. The molecule has 1 aromatic heterocycles. The molecule has 0 bridgehead atoms. The molecule has 0 N–H and O–H groups in total. The molecule has 1 unspecified atom stereocenters. The number of hydrogen-bond donors (Lipinski definition) is 0. The first kappa shape index (κ1) is 13.3. The van der Waals surface area contributed by atoms with Crippen molar-refractivity contribution in [2.24, 2.45) is 5.92 Å². The van der Waals surface area contributed by atoms with Crippen molar-refractivity contribution in [3.63, 3.8) is 0 Å². The lowest BCUT2D eigenvalue weighted by molar-refractivity contribution is 0.00538.